The van der Waals surface area contributed by atoms with Gasteiger partial charge in [-0.2, -0.15) is 0 Å². The van der Waals surface area contributed by atoms with Gasteiger partial charge in [-0.3, -0.25) is 14.1 Å². The number of fused-ring (bicyclic) bond motifs is 1. The molecule has 1 atom stereocenters. The van der Waals surface area contributed by atoms with Gasteiger partial charge in [-0.1, -0.05) is 0 Å². The largest absolute Gasteiger partial charge is 0.381 e. The average Bonchev–Trinajstić information content (AvgIpc) is 2.98. The van der Waals surface area contributed by atoms with Crippen molar-refractivity contribution >= 4 is 16.3 Å². The lowest BCUT2D eigenvalue weighted by atomic mass is 10.1. The van der Waals surface area contributed by atoms with Gasteiger partial charge in [-0.25, -0.2) is 4.98 Å². The summed E-state index contributed by atoms with van der Waals surface area (Å²) in [5, 5.41) is 1.90. The van der Waals surface area contributed by atoms with Crippen LogP contribution in [0.3, 0.4) is 0 Å². The van der Waals surface area contributed by atoms with Gasteiger partial charge in [-0.05, 0) is 25.2 Å². The number of aromatic nitrogens is 2. The minimum Gasteiger partial charge on any atom is -0.381 e. The summed E-state index contributed by atoms with van der Waals surface area (Å²) in [4.78, 5) is 20.0. The van der Waals surface area contributed by atoms with Gasteiger partial charge >= 0.3 is 0 Å². The van der Waals surface area contributed by atoms with E-state index in [2.05, 4.69) is 9.88 Å². The fraction of sp³-hybridized carbons (Fsp3) is 0.600. The molecule has 1 saturated carbocycles. The van der Waals surface area contributed by atoms with Gasteiger partial charge in [-0.15, -0.1) is 11.3 Å². The molecule has 2 aromatic heterocycles. The van der Waals surface area contributed by atoms with Crippen LogP contribution in [0.25, 0.3) is 4.96 Å². The Labute approximate surface area is 127 Å². The molecular weight excluding hydrogens is 286 g/mol. The molecule has 2 fully saturated rings. The fourth-order valence-corrected chi connectivity index (χ4v) is 3.76. The van der Waals surface area contributed by atoms with E-state index >= 15 is 0 Å². The first-order valence-corrected chi connectivity index (χ1v) is 8.45. The summed E-state index contributed by atoms with van der Waals surface area (Å²) in [6.07, 6.45) is 5.48. The molecule has 4 rings (SSSR count). The van der Waals surface area contributed by atoms with Crippen molar-refractivity contribution in [3.63, 3.8) is 0 Å². The summed E-state index contributed by atoms with van der Waals surface area (Å²) in [6.45, 7) is 3.62. The Morgan fingerprint density at radius 2 is 2.33 bits per heavy atom. The van der Waals surface area contributed by atoms with E-state index in [9.17, 15) is 4.79 Å². The Kier molecular flexibility index (Phi) is 3.52. The highest BCUT2D eigenvalue weighted by Gasteiger charge is 2.31. The van der Waals surface area contributed by atoms with Crippen molar-refractivity contribution < 1.29 is 4.74 Å². The van der Waals surface area contributed by atoms with E-state index in [1.807, 2.05) is 5.38 Å². The summed E-state index contributed by atoms with van der Waals surface area (Å²) in [5.41, 5.74) is 0.921. The predicted octanol–water partition coefficient (Wildman–Crippen LogP) is 1.76. The van der Waals surface area contributed by atoms with E-state index in [1.54, 1.807) is 16.7 Å². The summed E-state index contributed by atoms with van der Waals surface area (Å²) in [6, 6.07) is 2.36. The van der Waals surface area contributed by atoms with Crippen molar-refractivity contribution in [2.24, 2.45) is 5.92 Å². The van der Waals surface area contributed by atoms with Crippen LogP contribution in [-0.2, 0) is 11.3 Å². The number of thiazole rings is 1. The van der Waals surface area contributed by atoms with E-state index in [0.29, 0.717) is 12.0 Å². The minimum atomic E-state index is 0.0243. The standard InChI is InChI=1S/C15H19N3O2S/c19-14-7-12(16-15-18(14)4-6-21-15)9-17(13-1-2-13)8-11-3-5-20-10-11/h4,6-7,11,13H,1-3,5,8-10H2/t11-/m0/s1. The summed E-state index contributed by atoms with van der Waals surface area (Å²) in [5.74, 6) is 0.636. The Morgan fingerprint density at radius 1 is 1.43 bits per heavy atom. The zero-order chi connectivity index (χ0) is 14.2. The van der Waals surface area contributed by atoms with Gasteiger partial charge in [0.25, 0.3) is 5.56 Å². The predicted molar refractivity (Wildman–Crippen MR) is 81.7 cm³/mol. The first-order valence-electron chi connectivity index (χ1n) is 7.57. The third-order valence-corrected chi connectivity index (χ3v) is 5.06. The average molecular weight is 305 g/mol. The summed E-state index contributed by atoms with van der Waals surface area (Å²) >= 11 is 1.51. The lowest BCUT2D eigenvalue weighted by Gasteiger charge is -2.24. The van der Waals surface area contributed by atoms with Crippen LogP contribution >= 0.6 is 11.3 Å². The van der Waals surface area contributed by atoms with Gasteiger partial charge in [0, 0.05) is 43.4 Å². The van der Waals surface area contributed by atoms with Crippen LogP contribution in [0.5, 0.6) is 0 Å². The van der Waals surface area contributed by atoms with Gasteiger partial charge in [0.15, 0.2) is 4.96 Å². The van der Waals surface area contributed by atoms with Gasteiger partial charge < -0.3 is 4.74 Å². The fourth-order valence-electron chi connectivity index (χ4n) is 3.02. The zero-order valence-corrected chi connectivity index (χ0v) is 12.7. The summed E-state index contributed by atoms with van der Waals surface area (Å²) in [7, 11) is 0. The lowest BCUT2D eigenvalue weighted by molar-refractivity contribution is 0.161. The third-order valence-electron chi connectivity index (χ3n) is 4.30. The molecule has 1 aliphatic carbocycles. The number of hydrogen-bond acceptors (Lipinski definition) is 5. The molecule has 0 bridgehead atoms. The molecule has 21 heavy (non-hydrogen) atoms. The SMILES string of the molecule is O=c1cc(CN(C[C@@H]2CCOC2)C2CC2)nc2sccn12. The normalized spacial score (nSPS) is 22.4. The quantitative estimate of drug-likeness (QED) is 0.844. The topological polar surface area (TPSA) is 46.8 Å². The smallest absolute Gasteiger partial charge is 0.258 e. The molecule has 2 aromatic rings. The van der Waals surface area contributed by atoms with Crippen LogP contribution in [-0.4, -0.2) is 40.1 Å². The highest BCUT2D eigenvalue weighted by Crippen LogP contribution is 2.30. The van der Waals surface area contributed by atoms with Crippen molar-refractivity contribution in [1.29, 1.82) is 0 Å². The van der Waals surface area contributed by atoms with Crippen molar-refractivity contribution in [2.75, 3.05) is 19.8 Å². The Hall–Kier alpha value is -1.24. The van der Waals surface area contributed by atoms with Crippen LogP contribution in [0.2, 0.25) is 0 Å². The highest BCUT2D eigenvalue weighted by molar-refractivity contribution is 7.15. The summed E-state index contributed by atoms with van der Waals surface area (Å²) < 4.78 is 7.09. The van der Waals surface area contributed by atoms with E-state index in [-0.39, 0.29) is 5.56 Å². The first kappa shape index (κ1) is 13.4. The second-order valence-electron chi connectivity index (χ2n) is 6.03. The molecule has 0 N–H and O–H groups in total. The molecule has 3 heterocycles. The van der Waals surface area contributed by atoms with E-state index < -0.39 is 0 Å². The number of nitrogens with zero attached hydrogens (tertiary/aromatic N) is 3. The van der Waals surface area contributed by atoms with Crippen LogP contribution < -0.4 is 5.56 Å². The molecule has 1 saturated heterocycles. The molecule has 0 amide bonds. The molecule has 2 aliphatic rings. The maximum atomic E-state index is 12.1. The zero-order valence-electron chi connectivity index (χ0n) is 11.9. The maximum Gasteiger partial charge on any atom is 0.258 e. The molecule has 0 unspecified atom stereocenters. The molecule has 6 heteroatoms. The van der Waals surface area contributed by atoms with Crippen LogP contribution in [0, 0.1) is 5.92 Å². The van der Waals surface area contributed by atoms with E-state index in [4.69, 9.17) is 4.74 Å². The van der Waals surface area contributed by atoms with Gasteiger partial charge in [0.2, 0.25) is 0 Å². The second-order valence-corrected chi connectivity index (χ2v) is 6.90. The number of rotatable bonds is 5. The Morgan fingerprint density at radius 3 is 3.10 bits per heavy atom. The van der Waals surface area contributed by atoms with Crippen LogP contribution in [0.4, 0.5) is 0 Å². The molecule has 1 aliphatic heterocycles. The van der Waals surface area contributed by atoms with E-state index in [1.165, 1.54) is 24.2 Å². The minimum absolute atomic E-state index is 0.0243. The van der Waals surface area contributed by atoms with Gasteiger partial charge in [0.05, 0.1) is 12.3 Å². The first-order chi connectivity index (χ1) is 10.3. The van der Waals surface area contributed by atoms with Crippen LogP contribution in [0.1, 0.15) is 25.0 Å². The maximum absolute atomic E-state index is 12.1. The molecule has 0 aromatic carbocycles. The van der Waals surface area contributed by atoms with Crippen LogP contribution in [0.15, 0.2) is 22.4 Å². The number of hydrogen-bond donors (Lipinski definition) is 0. The monoisotopic (exact) mass is 305 g/mol. The lowest BCUT2D eigenvalue weighted by Crippen LogP contribution is -2.32. The van der Waals surface area contributed by atoms with Crippen molar-refractivity contribution in [3.05, 3.63) is 33.7 Å². The van der Waals surface area contributed by atoms with Gasteiger partial charge in [0.1, 0.15) is 0 Å². The van der Waals surface area contributed by atoms with Crippen molar-refractivity contribution in [1.82, 2.24) is 14.3 Å². The highest BCUT2D eigenvalue weighted by atomic mass is 32.1. The molecule has 5 nitrogen and oxygen atoms in total. The van der Waals surface area contributed by atoms with Crippen molar-refractivity contribution in [2.45, 2.75) is 31.8 Å². The third kappa shape index (κ3) is 2.88. The molecular formula is C15H19N3O2S. The second kappa shape index (κ2) is 5.51. The molecule has 0 radical (unpaired) electrons. The molecule has 0 spiro atoms. The van der Waals surface area contributed by atoms with Crippen molar-refractivity contribution in [3.8, 4) is 0 Å². The number of ether oxygens (including phenoxy) is 1. The van der Waals surface area contributed by atoms with E-state index in [0.717, 1.165) is 43.4 Å². The molecule has 112 valence electrons. The Balaban J connectivity index is 1.54. The Bertz CT molecular complexity index is 686.